The molecule has 0 radical (unpaired) electrons. The maximum absolute atomic E-state index is 5.29. The summed E-state index contributed by atoms with van der Waals surface area (Å²) in [5.41, 5.74) is 1.46. The number of thiophene rings is 1. The molecule has 2 nitrogen and oxygen atoms in total. The Kier molecular flexibility index (Phi) is 3.67. The maximum atomic E-state index is 5.29. The molecule has 1 aliphatic rings. The van der Waals surface area contributed by atoms with Crippen molar-refractivity contribution in [2.75, 3.05) is 7.11 Å². The summed E-state index contributed by atoms with van der Waals surface area (Å²) >= 11 is 1.89. The summed E-state index contributed by atoms with van der Waals surface area (Å²) in [5, 5.41) is 3.68. The van der Waals surface area contributed by atoms with E-state index in [0.717, 1.165) is 12.8 Å². The summed E-state index contributed by atoms with van der Waals surface area (Å²) in [6.45, 7) is 6.65. The smallest absolute Gasteiger partial charge is 0.0601 e. The number of hydrogen-bond donors (Lipinski definition) is 1. The lowest BCUT2D eigenvalue weighted by molar-refractivity contribution is 0.0147. The van der Waals surface area contributed by atoms with Gasteiger partial charge in [-0.1, -0.05) is 0 Å². The summed E-state index contributed by atoms with van der Waals surface area (Å²) in [5.74, 6) is 0. The van der Waals surface area contributed by atoms with Gasteiger partial charge in [0, 0.05) is 28.9 Å². The highest BCUT2D eigenvalue weighted by molar-refractivity contribution is 7.12. The molecule has 0 spiro atoms. The van der Waals surface area contributed by atoms with Crippen molar-refractivity contribution < 1.29 is 4.74 Å². The summed E-state index contributed by atoms with van der Waals surface area (Å²) in [4.78, 5) is 2.85. The standard InChI is InChI=1S/C13H21NOS/c1-8-5-13(10(3)16-8)9(2)14-11-6-12(7-11)15-4/h5,9,11-12,14H,6-7H2,1-4H3. The molecule has 1 unspecified atom stereocenters. The summed E-state index contributed by atoms with van der Waals surface area (Å²) in [6.07, 6.45) is 2.79. The Hall–Kier alpha value is -0.380. The lowest BCUT2D eigenvalue weighted by Gasteiger charge is -2.36. The minimum Gasteiger partial charge on any atom is -0.381 e. The molecule has 0 aliphatic heterocycles. The van der Waals surface area contributed by atoms with Gasteiger partial charge < -0.3 is 10.1 Å². The number of hydrogen-bond acceptors (Lipinski definition) is 3. The van der Waals surface area contributed by atoms with Gasteiger partial charge in [-0.25, -0.2) is 0 Å². The molecule has 1 aromatic heterocycles. The van der Waals surface area contributed by atoms with Gasteiger partial charge in [-0.15, -0.1) is 11.3 Å². The van der Waals surface area contributed by atoms with Crippen molar-refractivity contribution in [1.29, 1.82) is 0 Å². The molecule has 0 aromatic carbocycles. The van der Waals surface area contributed by atoms with Crippen LogP contribution in [0.3, 0.4) is 0 Å². The van der Waals surface area contributed by atoms with Crippen LogP contribution in [0.15, 0.2) is 6.07 Å². The average molecular weight is 239 g/mol. The Balaban J connectivity index is 1.89. The van der Waals surface area contributed by atoms with E-state index >= 15 is 0 Å². The Morgan fingerprint density at radius 1 is 1.44 bits per heavy atom. The molecule has 90 valence electrons. The van der Waals surface area contributed by atoms with E-state index in [2.05, 4.69) is 32.2 Å². The van der Waals surface area contributed by atoms with Gasteiger partial charge in [0.05, 0.1) is 6.10 Å². The van der Waals surface area contributed by atoms with E-state index in [-0.39, 0.29) is 0 Å². The Morgan fingerprint density at radius 3 is 2.62 bits per heavy atom. The van der Waals surface area contributed by atoms with Crippen LogP contribution < -0.4 is 5.32 Å². The van der Waals surface area contributed by atoms with Gasteiger partial charge in [-0.05, 0) is 45.2 Å². The quantitative estimate of drug-likeness (QED) is 0.871. The Bertz CT molecular complexity index is 355. The van der Waals surface area contributed by atoms with Crippen LogP contribution in [0.1, 0.15) is 41.1 Å². The first kappa shape index (κ1) is 12.1. The highest BCUT2D eigenvalue weighted by Gasteiger charge is 2.30. The third-order valence-corrected chi connectivity index (χ3v) is 4.44. The van der Waals surface area contributed by atoms with E-state index in [0.29, 0.717) is 18.2 Å². The van der Waals surface area contributed by atoms with Crippen molar-refractivity contribution >= 4 is 11.3 Å². The van der Waals surface area contributed by atoms with Gasteiger partial charge in [-0.3, -0.25) is 0 Å². The predicted octanol–water partition coefficient (Wildman–Crippen LogP) is 3.19. The van der Waals surface area contributed by atoms with E-state index in [4.69, 9.17) is 4.74 Å². The van der Waals surface area contributed by atoms with E-state index in [1.54, 1.807) is 7.11 Å². The van der Waals surface area contributed by atoms with Crippen LogP contribution in [0.5, 0.6) is 0 Å². The van der Waals surface area contributed by atoms with E-state index in [9.17, 15) is 0 Å². The highest BCUT2D eigenvalue weighted by atomic mass is 32.1. The first-order chi connectivity index (χ1) is 7.60. The van der Waals surface area contributed by atoms with Crippen molar-refractivity contribution in [3.63, 3.8) is 0 Å². The first-order valence-corrected chi connectivity index (χ1v) is 6.77. The maximum Gasteiger partial charge on any atom is 0.0601 e. The first-order valence-electron chi connectivity index (χ1n) is 5.96. The van der Waals surface area contributed by atoms with Gasteiger partial charge in [-0.2, -0.15) is 0 Å². The van der Waals surface area contributed by atoms with Gasteiger partial charge in [0.1, 0.15) is 0 Å². The molecule has 1 aliphatic carbocycles. The normalized spacial score (nSPS) is 26.5. The highest BCUT2D eigenvalue weighted by Crippen LogP contribution is 2.29. The SMILES string of the molecule is COC1CC(NC(C)c2cc(C)sc2C)C1. The van der Waals surface area contributed by atoms with E-state index < -0.39 is 0 Å². The summed E-state index contributed by atoms with van der Waals surface area (Å²) in [7, 11) is 1.80. The molecule has 1 heterocycles. The molecule has 1 N–H and O–H groups in total. The minimum atomic E-state index is 0.466. The molecule has 2 rings (SSSR count). The topological polar surface area (TPSA) is 21.3 Å². The van der Waals surface area contributed by atoms with Gasteiger partial charge in [0.25, 0.3) is 0 Å². The third kappa shape index (κ3) is 2.47. The number of ether oxygens (including phenoxy) is 1. The number of nitrogens with one attached hydrogen (secondary N) is 1. The fourth-order valence-electron chi connectivity index (χ4n) is 2.42. The largest absolute Gasteiger partial charge is 0.381 e. The van der Waals surface area contributed by atoms with Crippen LogP contribution in [-0.2, 0) is 4.74 Å². The van der Waals surface area contributed by atoms with E-state index in [1.807, 2.05) is 11.3 Å². The predicted molar refractivity (Wildman–Crippen MR) is 69.2 cm³/mol. The second-order valence-electron chi connectivity index (χ2n) is 4.78. The van der Waals surface area contributed by atoms with Gasteiger partial charge in [0.15, 0.2) is 0 Å². The number of rotatable bonds is 4. The molecule has 0 amide bonds. The zero-order valence-electron chi connectivity index (χ0n) is 10.5. The molecule has 1 atom stereocenters. The third-order valence-electron chi connectivity index (χ3n) is 3.46. The van der Waals surface area contributed by atoms with Crippen LogP contribution in [0.4, 0.5) is 0 Å². The zero-order valence-corrected chi connectivity index (χ0v) is 11.4. The summed E-state index contributed by atoms with van der Waals surface area (Å²) in [6, 6.07) is 3.41. The second-order valence-corrected chi connectivity index (χ2v) is 6.24. The second kappa shape index (κ2) is 4.86. The molecule has 1 fully saturated rings. The number of methoxy groups -OCH3 is 1. The lowest BCUT2D eigenvalue weighted by Crippen LogP contribution is -2.45. The van der Waals surface area contributed by atoms with Crippen LogP contribution in [0, 0.1) is 13.8 Å². The molecule has 0 bridgehead atoms. The molecule has 1 aromatic rings. The lowest BCUT2D eigenvalue weighted by atomic mass is 9.88. The molecular formula is C13H21NOS. The van der Waals surface area contributed by atoms with Crippen molar-refractivity contribution in [2.24, 2.45) is 0 Å². The zero-order chi connectivity index (χ0) is 11.7. The Labute approximate surface area is 102 Å². The van der Waals surface area contributed by atoms with Gasteiger partial charge >= 0.3 is 0 Å². The van der Waals surface area contributed by atoms with Crippen LogP contribution >= 0.6 is 11.3 Å². The van der Waals surface area contributed by atoms with Crippen LogP contribution in [0.2, 0.25) is 0 Å². The van der Waals surface area contributed by atoms with Crippen LogP contribution in [-0.4, -0.2) is 19.3 Å². The van der Waals surface area contributed by atoms with Crippen molar-refractivity contribution in [2.45, 2.75) is 51.8 Å². The van der Waals surface area contributed by atoms with Crippen molar-refractivity contribution in [3.05, 3.63) is 21.4 Å². The van der Waals surface area contributed by atoms with E-state index in [1.165, 1.54) is 15.3 Å². The molecular weight excluding hydrogens is 218 g/mol. The fraction of sp³-hybridized carbons (Fsp3) is 0.692. The summed E-state index contributed by atoms with van der Waals surface area (Å²) < 4.78 is 5.29. The monoisotopic (exact) mass is 239 g/mol. The fourth-order valence-corrected chi connectivity index (χ4v) is 3.44. The van der Waals surface area contributed by atoms with Crippen LogP contribution in [0.25, 0.3) is 0 Å². The number of aryl methyl sites for hydroxylation is 2. The molecule has 16 heavy (non-hydrogen) atoms. The molecule has 3 heteroatoms. The molecule has 1 saturated carbocycles. The molecule has 0 saturated heterocycles. The van der Waals surface area contributed by atoms with Gasteiger partial charge in [0.2, 0.25) is 0 Å². The minimum absolute atomic E-state index is 0.466. The van der Waals surface area contributed by atoms with Crippen molar-refractivity contribution in [1.82, 2.24) is 5.32 Å². The van der Waals surface area contributed by atoms with Crippen molar-refractivity contribution in [3.8, 4) is 0 Å². The average Bonchev–Trinajstić information content (AvgIpc) is 2.50. The Morgan fingerprint density at radius 2 is 2.12 bits per heavy atom.